The van der Waals surface area contributed by atoms with Crippen LogP contribution in [0, 0.1) is 11.8 Å². The van der Waals surface area contributed by atoms with E-state index in [4.69, 9.17) is 9.47 Å². The number of rotatable bonds is 2. The van der Waals surface area contributed by atoms with Gasteiger partial charge in [-0.05, 0) is 74.6 Å². The highest BCUT2D eigenvalue weighted by molar-refractivity contribution is 5.77. The number of methoxy groups -OCH3 is 1. The number of carbonyl (C=O) groups excluding carboxylic acids is 2. The van der Waals surface area contributed by atoms with E-state index < -0.39 is 11.7 Å². The molecule has 0 bridgehead atoms. The molecular formula is C22H32N2O4. The summed E-state index contributed by atoms with van der Waals surface area (Å²) in [5.41, 5.74) is 1.92. The standard InChI is InChI=1S/C22H32N2O4/c1-13-10-17-16-7-6-15(27-5)11-14(16)8-9-23-19(25)12-18(17)20(13)24-21(26)28-22(2,3)4/h6-7,11,13,17-18,20H,8-10,12H2,1-5H3,(H,23,25)(H,24,26)/t13-,17+,18+,20+/m0/s1. The second-order valence-electron chi connectivity index (χ2n) is 9.02. The van der Waals surface area contributed by atoms with Gasteiger partial charge in [0.25, 0.3) is 0 Å². The Morgan fingerprint density at radius 2 is 2.04 bits per heavy atom. The Hall–Kier alpha value is -2.24. The molecule has 4 atom stereocenters. The van der Waals surface area contributed by atoms with Crippen molar-refractivity contribution in [3.8, 4) is 5.75 Å². The van der Waals surface area contributed by atoms with Gasteiger partial charge < -0.3 is 20.1 Å². The fourth-order valence-electron chi connectivity index (χ4n) is 4.62. The van der Waals surface area contributed by atoms with Crippen LogP contribution in [0.3, 0.4) is 0 Å². The largest absolute Gasteiger partial charge is 0.497 e. The van der Waals surface area contributed by atoms with Crippen molar-refractivity contribution in [2.24, 2.45) is 11.8 Å². The second-order valence-corrected chi connectivity index (χ2v) is 9.02. The molecule has 1 heterocycles. The summed E-state index contributed by atoms with van der Waals surface area (Å²) in [7, 11) is 1.67. The first kappa shape index (κ1) is 20.5. The van der Waals surface area contributed by atoms with Crippen LogP contribution in [0.15, 0.2) is 18.2 Å². The summed E-state index contributed by atoms with van der Waals surface area (Å²) in [5.74, 6) is 1.38. The molecule has 154 valence electrons. The average Bonchev–Trinajstić information content (AvgIpc) is 2.91. The van der Waals surface area contributed by atoms with E-state index in [0.717, 1.165) is 18.6 Å². The number of alkyl carbamates (subject to hydrolysis) is 1. The Morgan fingerprint density at radius 1 is 1.29 bits per heavy atom. The van der Waals surface area contributed by atoms with Crippen molar-refractivity contribution in [2.75, 3.05) is 13.7 Å². The van der Waals surface area contributed by atoms with Crippen molar-refractivity contribution in [1.29, 1.82) is 0 Å². The zero-order valence-electron chi connectivity index (χ0n) is 17.5. The van der Waals surface area contributed by atoms with E-state index in [0.29, 0.717) is 13.0 Å². The van der Waals surface area contributed by atoms with Crippen LogP contribution in [0.2, 0.25) is 0 Å². The molecule has 0 saturated heterocycles. The highest BCUT2D eigenvalue weighted by Crippen LogP contribution is 2.46. The third-order valence-electron chi connectivity index (χ3n) is 5.79. The number of nitrogens with one attached hydrogen (secondary N) is 2. The topological polar surface area (TPSA) is 76.7 Å². The molecule has 1 saturated carbocycles. The van der Waals surface area contributed by atoms with Crippen LogP contribution in [0.25, 0.3) is 0 Å². The van der Waals surface area contributed by atoms with Gasteiger partial charge in [0.2, 0.25) is 5.91 Å². The number of hydrogen-bond acceptors (Lipinski definition) is 4. The molecule has 1 aromatic carbocycles. The molecule has 0 spiro atoms. The summed E-state index contributed by atoms with van der Waals surface area (Å²) >= 11 is 0. The van der Waals surface area contributed by atoms with Gasteiger partial charge in [-0.3, -0.25) is 4.79 Å². The molecule has 0 aromatic heterocycles. The monoisotopic (exact) mass is 388 g/mol. The number of amides is 2. The van der Waals surface area contributed by atoms with Crippen molar-refractivity contribution in [3.05, 3.63) is 29.3 Å². The summed E-state index contributed by atoms with van der Waals surface area (Å²) in [5, 5.41) is 6.08. The summed E-state index contributed by atoms with van der Waals surface area (Å²) in [6.07, 6.45) is 1.69. The highest BCUT2D eigenvalue weighted by atomic mass is 16.6. The van der Waals surface area contributed by atoms with Crippen LogP contribution in [-0.2, 0) is 16.0 Å². The van der Waals surface area contributed by atoms with Gasteiger partial charge in [0.05, 0.1) is 7.11 Å². The van der Waals surface area contributed by atoms with Crippen molar-refractivity contribution in [1.82, 2.24) is 10.6 Å². The molecule has 1 aromatic rings. The van der Waals surface area contributed by atoms with Gasteiger partial charge in [-0.1, -0.05) is 13.0 Å². The van der Waals surface area contributed by atoms with Crippen molar-refractivity contribution in [2.45, 2.75) is 64.5 Å². The normalized spacial score (nSPS) is 27.4. The molecule has 2 aliphatic rings. The van der Waals surface area contributed by atoms with Crippen LogP contribution in [0.4, 0.5) is 4.79 Å². The summed E-state index contributed by atoms with van der Waals surface area (Å²) < 4.78 is 10.9. The van der Waals surface area contributed by atoms with Gasteiger partial charge in [-0.25, -0.2) is 4.79 Å². The van der Waals surface area contributed by atoms with Crippen LogP contribution >= 0.6 is 0 Å². The lowest BCUT2D eigenvalue weighted by molar-refractivity contribution is -0.122. The first-order chi connectivity index (χ1) is 13.2. The van der Waals surface area contributed by atoms with Crippen molar-refractivity contribution < 1.29 is 19.1 Å². The molecule has 0 unspecified atom stereocenters. The fraction of sp³-hybridized carbons (Fsp3) is 0.636. The molecule has 0 radical (unpaired) electrons. The van der Waals surface area contributed by atoms with Gasteiger partial charge in [0, 0.05) is 19.0 Å². The summed E-state index contributed by atoms with van der Waals surface area (Å²) in [6, 6.07) is 6.09. The third-order valence-corrected chi connectivity index (χ3v) is 5.79. The Bertz CT molecular complexity index is 741. The summed E-state index contributed by atoms with van der Waals surface area (Å²) in [4.78, 5) is 24.9. The van der Waals surface area contributed by atoms with E-state index >= 15 is 0 Å². The minimum absolute atomic E-state index is 0.0350. The predicted octanol–water partition coefficient (Wildman–Crippen LogP) is 3.39. The lowest BCUT2D eigenvalue weighted by Crippen LogP contribution is -2.45. The van der Waals surface area contributed by atoms with Crippen LogP contribution in [-0.4, -0.2) is 37.3 Å². The minimum atomic E-state index is -0.551. The molecule has 1 aliphatic carbocycles. The minimum Gasteiger partial charge on any atom is -0.497 e. The maximum Gasteiger partial charge on any atom is 0.407 e. The number of ether oxygens (including phenoxy) is 2. The van der Waals surface area contributed by atoms with E-state index in [9.17, 15) is 9.59 Å². The van der Waals surface area contributed by atoms with E-state index in [1.165, 1.54) is 11.1 Å². The molecule has 1 fully saturated rings. The number of carbonyl (C=O) groups is 2. The van der Waals surface area contributed by atoms with Gasteiger partial charge in [0.1, 0.15) is 11.4 Å². The zero-order valence-corrected chi connectivity index (χ0v) is 17.5. The van der Waals surface area contributed by atoms with Crippen LogP contribution in [0.1, 0.15) is 57.6 Å². The SMILES string of the molecule is COc1ccc2c(c1)CCNC(=O)C[C@H]1[C@H](NC(=O)OC(C)(C)C)[C@@H](C)C[C@H]21. The molecule has 2 amide bonds. The molecule has 28 heavy (non-hydrogen) atoms. The van der Waals surface area contributed by atoms with Gasteiger partial charge in [0.15, 0.2) is 0 Å². The molecule has 2 N–H and O–H groups in total. The number of benzene rings is 1. The highest BCUT2D eigenvalue weighted by Gasteiger charge is 2.44. The molecule has 6 heteroatoms. The van der Waals surface area contributed by atoms with Gasteiger partial charge in [-0.15, -0.1) is 0 Å². The van der Waals surface area contributed by atoms with Crippen molar-refractivity contribution in [3.63, 3.8) is 0 Å². The lowest BCUT2D eigenvalue weighted by atomic mass is 9.82. The zero-order chi connectivity index (χ0) is 20.5. The average molecular weight is 389 g/mol. The maximum atomic E-state index is 12.5. The van der Waals surface area contributed by atoms with Crippen LogP contribution in [0.5, 0.6) is 5.75 Å². The fourth-order valence-corrected chi connectivity index (χ4v) is 4.62. The first-order valence-electron chi connectivity index (χ1n) is 10.1. The quantitative estimate of drug-likeness (QED) is 0.814. The Morgan fingerprint density at radius 3 is 2.71 bits per heavy atom. The Kier molecular flexibility index (Phi) is 5.87. The molecule has 1 aliphatic heterocycles. The van der Waals surface area contributed by atoms with E-state index in [2.05, 4.69) is 29.7 Å². The third kappa shape index (κ3) is 4.59. The molecule has 6 nitrogen and oxygen atoms in total. The van der Waals surface area contributed by atoms with E-state index in [-0.39, 0.29) is 29.7 Å². The van der Waals surface area contributed by atoms with Gasteiger partial charge >= 0.3 is 6.09 Å². The van der Waals surface area contributed by atoms with E-state index in [1.807, 2.05) is 26.8 Å². The number of fused-ring (bicyclic) bond motifs is 3. The first-order valence-corrected chi connectivity index (χ1v) is 10.1. The summed E-state index contributed by atoms with van der Waals surface area (Å²) in [6.45, 7) is 8.31. The predicted molar refractivity (Wildman–Crippen MR) is 107 cm³/mol. The molecule has 3 rings (SSSR count). The smallest absolute Gasteiger partial charge is 0.407 e. The Labute approximate surface area is 167 Å². The maximum absolute atomic E-state index is 12.5. The number of hydrogen-bond donors (Lipinski definition) is 2. The van der Waals surface area contributed by atoms with Gasteiger partial charge in [-0.2, -0.15) is 0 Å². The molecular weight excluding hydrogens is 356 g/mol. The Balaban J connectivity index is 1.90. The second kappa shape index (κ2) is 8.02. The lowest BCUT2D eigenvalue weighted by Gasteiger charge is -2.28. The van der Waals surface area contributed by atoms with E-state index in [1.54, 1.807) is 7.11 Å². The van der Waals surface area contributed by atoms with Crippen LogP contribution < -0.4 is 15.4 Å². The van der Waals surface area contributed by atoms with Crippen molar-refractivity contribution >= 4 is 12.0 Å².